The van der Waals surface area contributed by atoms with Gasteiger partial charge in [-0.25, -0.2) is 0 Å². The summed E-state index contributed by atoms with van der Waals surface area (Å²) in [5, 5.41) is 0.350. The second-order valence-electron chi connectivity index (χ2n) is 2.85. The average Bonchev–Trinajstić information content (AvgIpc) is 2.15. The van der Waals surface area contributed by atoms with Gasteiger partial charge in [0.25, 0.3) is 0 Å². The SMILES string of the molecule is CP(=O)(O)OOS(=O)(=O)c1ccc(Cl)cc1. The Labute approximate surface area is 97.3 Å². The molecule has 0 aliphatic rings. The maximum absolute atomic E-state index is 11.4. The first-order valence-corrected chi connectivity index (χ1v) is 7.70. The topological polar surface area (TPSA) is 89.9 Å². The summed E-state index contributed by atoms with van der Waals surface area (Å²) < 4.78 is 41.2. The third-order valence-electron chi connectivity index (χ3n) is 1.36. The van der Waals surface area contributed by atoms with Crippen LogP contribution in [-0.4, -0.2) is 20.0 Å². The largest absolute Gasteiger partial charge is 0.354 e. The standard InChI is InChI=1S/C7H8ClO6PS/c1-15(9,10)13-14-16(11,12)7-4-2-6(8)3-5-7/h2-5H,1H3,(H,9,10). The summed E-state index contributed by atoms with van der Waals surface area (Å²) in [6.07, 6.45) is 0. The van der Waals surface area contributed by atoms with Crippen LogP contribution in [0.5, 0.6) is 0 Å². The third kappa shape index (κ3) is 4.21. The summed E-state index contributed by atoms with van der Waals surface area (Å²) in [6.45, 7) is 0.796. The Balaban J connectivity index is 2.87. The van der Waals surface area contributed by atoms with Crippen LogP contribution in [0.2, 0.25) is 5.02 Å². The molecule has 1 N–H and O–H groups in total. The number of hydrogen-bond donors (Lipinski definition) is 1. The van der Waals surface area contributed by atoms with Gasteiger partial charge >= 0.3 is 17.7 Å². The molecule has 0 spiro atoms. The van der Waals surface area contributed by atoms with Crippen molar-refractivity contribution in [2.45, 2.75) is 4.90 Å². The Kier molecular flexibility index (Phi) is 4.12. The molecule has 0 radical (unpaired) electrons. The van der Waals surface area contributed by atoms with E-state index in [0.717, 1.165) is 6.66 Å². The van der Waals surface area contributed by atoms with E-state index in [4.69, 9.17) is 16.5 Å². The van der Waals surface area contributed by atoms with Crippen LogP contribution in [0.4, 0.5) is 0 Å². The molecule has 0 aliphatic carbocycles. The fourth-order valence-corrected chi connectivity index (χ4v) is 2.18. The van der Waals surface area contributed by atoms with Crippen molar-refractivity contribution in [3.8, 4) is 0 Å². The van der Waals surface area contributed by atoms with Crippen molar-refractivity contribution in [1.82, 2.24) is 0 Å². The molecule has 0 amide bonds. The molecule has 9 heteroatoms. The van der Waals surface area contributed by atoms with E-state index < -0.39 is 17.7 Å². The molecule has 0 aliphatic heterocycles. The minimum absolute atomic E-state index is 0.231. The van der Waals surface area contributed by atoms with Crippen molar-refractivity contribution >= 4 is 29.3 Å². The Morgan fingerprint density at radius 3 is 2.25 bits per heavy atom. The Bertz CT molecular complexity index is 504. The maximum Gasteiger partial charge on any atom is 0.354 e. The first-order valence-electron chi connectivity index (χ1n) is 3.89. The summed E-state index contributed by atoms with van der Waals surface area (Å²) >= 11 is 5.56. The van der Waals surface area contributed by atoms with Gasteiger partial charge in [0.1, 0.15) is 0 Å². The van der Waals surface area contributed by atoms with Crippen LogP contribution >= 0.6 is 19.2 Å². The normalized spacial score (nSPS) is 15.7. The van der Waals surface area contributed by atoms with Crippen molar-refractivity contribution < 1.29 is 26.9 Å². The molecular formula is C7H8ClO6PS. The lowest BCUT2D eigenvalue weighted by Gasteiger charge is -2.06. The van der Waals surface area contributed by atoms with Crippen molar-refractivity contribution in [3.05, 3.63) is 29.3 Å². The molecule has 1 rings (SSSR count). The highest BCUT2D eigenvalue weighted by molar-refractivity contribution is 7.86. The fourth-order valence-electron chi connectivity index (χ4n) is 0.737. The average molecular weight is 287 g/mol. The van der Waals surface area contributed by atoms with Gasteiger partial charge in [-0.05, 0) is 24.3 Å². The molecule has 6 nitrogen and oxygen atoms in total. The van der Waals surface area contributed by atoms with Crippen LogP contribution in [0.15, 0.2) is 29.2 Å². The number of hydrogen-bond acceptors (Lipinski definition) is 5. The van der Waals surface area contributed by atoms with Crippen LogP contribution in [0, 0.1) is 0 Å². The molecule has 0 bridgehead atoms. The van der Waals surface area contributed by atoms with Gasteiger partial charge in [-0.15, -0.1) is 4.67 Å². The number of benzene rings is 1. The molecule has 1 aromatic rings. The highest BCUT2D eigenvalue weighted by Gasteiger charge is 2.21. The molecule has 0 saturated carbocycles. The Hall–Kier alpha value is -0.430. The maximum atomic E-state index is 11.4. The van der Waals surface area contributed by atoms with Gasteiger partial charge in [-0.3, -0.25) is 4.57 Å². The lowest BCUT2D eigenvalue weighted by atomic mass is 10.4. The third-order valence-corrected chi connectivity index (χ3v) is 3.16. The second-order valence-corrected chi connectivity index (χ2v) is 6.56. The molecule has 0 saturated heterocycles. The van der Waals surface area contributed by atoms with Crippen LogP contribution in [0.1, 0.15) is 0 Å². The summed E-state index contributed by atoms with van der Waals surface area (Å²) in [6, 6.07) is 5.03. The van der Waals surface area contributed by atoms with Gasteiger partial charge in [0.15, 0.2) is 0 Å². The molecule has 0 fully saturated rings. The van der Waals surface area contributed by atoms with Crippen LogP contribution in [-0.2, 0) is 23.7 Å². The summed E-state index contributed by atoms with van der Waals surface area (Å²) in [5.41, 5.74) is 0. The van der Waals surface area contributed by atoms with Gasteiger partial charge < -0.3 is 4.89 Å². The van der Waals surface area contributed by atoms with Gasteiger partial charge in [0, 0.05) is 11.7 Å². The minimum Gasteiger partial charge on any atom is -0.323 e. The van der Waals surface area contributed by atoms with Crippen molar-refractivity contribution in [2.75, 3.05) is 6.66 Å². The minimum atomic E-state index is -4.22. The fraction of sp³-hybridized carbons (Fsp3) is 0.143. The quantitative estimate of drug-likeness (QED) is 0.515. The van der Waals surface area contributed by atoms with E-state index in [0.29, 0.717) is 5.02 Å². The highest BCUT2D eigenvalue weighted by atomic mass is 35.5. The van der Waals surface area contributed by atoms with E-state index in [1.165, 1.54) is 24.3 Å². The Morgan fingerprint density at radius 1 is 1.31 bits per heavy atom. The van der Waals surface area contributed by atoms with E-state index in [1.54, 1.807) is 0 Å². The van der Waals surface area contributed by atoms with E-state index >= 15 is 0 Å². The molecular weight excluding hydrogens is 279 g/mol. The first kappa shape index (κ1) is 13.6. The molecule has 16 heavy (non-hydrogen) atoms. The smallest absolute Gasteiger partial charge is 0.323 e. The predicted molar refractivity (Wildman–Crippen MR) is 56.6 cm³/mol. The molecule has 1 unspecified atom stereocenters. The molecule has 1 aromatic carbocycles. The highest BCUT2D eigenvalue weighted by Crippen LogP contribution is 2.38. The van der Waals surface area contributed by atoms with Crippen molar-refractivity contribution in [2.24, 2.45) is 0 Å². The van der Waals surface area contributed by atoms with E-state index in [2.05, 4.69) is 9.01 Å². The summed E-state index contributed by atoms with van der Waals surface area (Å²) in [5.74, 6) is 0. The van der Waals surface area contributed by atoms with Crippen LogP contribution in [0.25, 0.3) is 0 Å². The predicted octanol–water partition coefficient (Wildman–Crippen LogP) is 1.79. The van der Waals surface area contributed by atoms with Gasteiger partial charge in [0.2, 0.25) is 0 Å². The van der Waals surface area contributed by atoms with Gasteiger partial charge in [-0.1, -0.05) is 15.9 Å². The number of halogens is 1. The van der Waals surface area contributed by atoms with Crippen molar-refractivity contribution in [3.63, 3.8) is 0 Å². The number of rotatable bonds is 4. The van der Waals surface area contributed by atoms with Crippen molar-refractivity contribution in [1.29, 1.82) is 0 Å². The zero-order chi connectivity index (χ0) is 12.4. The van der Waals surface area contributed by atoms with E-state index in [1.807, 2.05) is 0 Å². The molecule has 90 valence electrons. The zero-order valence-corrected chi connectivity index (χ0v) is 10.5. The molecule has 0 aromatic heterocycles. The summed E-state index contributed by atoms with van der Waals surface area (Å²) in [7, 11) is -8.24. The van der Waals surface area contributed by atoms with Crippen LogP contribution < -0.4 is 0 Å². The molecule has 1 atom stereocenters. The monoisotopic (exact) mass is 286 g/mol. The van der Waals surface area contributed by atoms with E-state index in [-0.39, 0.29) is 4.90 Å². The second kappa shape index (κ2) is 4.83. The molecule has 0 heterocycles. The van der Waals surface area contributed by atoms with Gasteiger partial charge in [-0.2, -0.15) is 8.42 Å². The lowest BCUT2D eigenvalue weighted by Crippen LogP contribution is -2.05. The lowest BCUT2D eigenvalue weighted by molar-refractivity contribution is -0.100. The van der Waals surface area contributed by atoms with E-state index in [9.17, 15) is 13.0 Å². The van der Waals surface area contributed by atoms with Crippen LogP contribution in [0.3, 0.4) is 0 Å². The zero-order valence-electron chi connectivity index (χ0n) is 8.03. The summed E-state index contributed by atoms with van der Waals surface area (Å²) in [4.78, 5) is 8.46. The van der Waals surface area contributed by atoms with Gasteiger partial charge in [0.05, 0.1) is 4.90 Å². The first-order chi connectivity index (χ1) is 7.21. The Morgan fingerprint density at radius 2 is 1.81 bits per heavy atom.